The predicted octanol–water partition coefficient (Wildman–Crippen LogP) is 5.00. The Balaban J connectivity index is 1.68. The van der Waals surface area contributed by atoms with Gasteiger partial charge in [-0.25, -0.2) is 0 Å². The molecule has 2 aromatic rings. The molecule has 3 nitrogen and oxygen atoms in total. The van der Waals surface area contributed by atoms with Crippen molar-refractivity contribution in [2.45, 2.75) is 43.1 Å². The molecule has 6 heteroatoms. The van der Waals surface area contributed by atoms with Gasteiger partial charge in [0.05, 0.1) is 0 Å². The highest BCUT2D eigenvalue weighted by molar-refractivity contribution is 6.30. The number of carbonyl (C=O) groups excluding carboxylic acids is 1. The first-order chi connectivity index (χ1) is 12.3. The molecule has 2 aromatic carbocycles. The Kier molecular flexibility index (Phi) is 5.30. The molecule has 3 rings (SSSR count). The van der Waals surface area contributed by atoms with E-state index in [-0.39, 0.29) is 24.4 Å². The molecular weight excluding hydrogens is 360 g/mol. The predicted molar refractivity (Wildman–Crippen MR) is 97.6 cm³/mol. The molecule has 1 amide bonds. The molecule has 0 spiro atoms. The second-order valence-electron chi connectivity index (χ2n) is 6.75. The van der Waals surface area contributed by atoms with E-state index < -0.39 is 17.4 Å². The van der Waals surface area contributed by atoms with Crippen LogP contribution in [0.5, 0.6) is 0 Å². The van der Waals surface area contributed by atoms with Crippen molar-refractivity contribution >= 4 is 23.2 Å². The number of benzene rings is 2. The summed E-state index contributed by atoms with van der Waals surface area (Å²) in [7, 11) is 0. The first kappa shape index (κ1) is 18.8. The van der Waals surface area contributed by atoms with Gasteiger partial charge >= 0.3 is 5.92 Å². The summed E-state index contributed by atoms with van der Waals surface area (Å²) < 4.78 is 29.4. The maximum absolute atomic E-state index is 14.7. The molecule has 26 heavy (non-hydrogen) atoms. The van der Waals surface area contributed by atoms with E-state index in [1.165, 1.54) is 24.3 Å². The van der Waals surface area contributed by atoms with Crippen molar-refractivity contribution in [3.05, 3.63) is 65.2 Å². The van der Waals surface area contributed by atoms with Crippen LogP contribution in [0, 0.1) is 0 Å². The van der Waals surface area contributed by atoms with E-state index in [2.05, 4.69) is 5.32 Å². The number of aliphatic hydroxyl groups is 1. The molecule has 0 bridgehead atoms. The van der Waals surface area contributed by atoms with Crippen molar-refractivity contribution < 1.29 is 18.7 Å². The summed E-state index contributed by atoms with van der Waals surface area (Å²) in [5.74, 6) is -5.26. The lowest BCUT2D eigenvalue weighted by Gasteiger charge is -2.40. The SMILES string of the molecule is O=C(Nc1ccc(Cl)cc1)C(F)(F)C1(O)CCC(c2ccccc2)CC1. The fourth-order valence-corrected chi connectivity index (χ4v) is 3.55. The van der Waals surface area contributed by atoms with E-state index in [0.29, 0.717) is 17.9 Å². The van der Waals surface area contributed by atoms with Gasteiger partial charge in [-0.1, -0.05) is 41.9 Å². The Labute approximate surface area is 156 Å². The van der Waals surface area contributed by atoms with Gasteiger partial charge < -0.3 is 10.4 Å². The summed E-state index contributed by atoms with van der Waals surface area (Å²) in [6, 6.07) is 15.5. The molecule has 0 saturated heterocycles. The fourth-order valence-electron chi connectivity index (χ4n) is 3.42. The van der Waals surface area contributed by atoms with Crippen molar-refractivity contribution in [3.8, 4) is 0 Å². The number of hydrogen-bond donors (Lipinski definition) is 2. The Bertz CT molecular complexity index is 757. The van der Waals surface area contributed by atoms with E-state index in [0.717, 1.165) is 5.56 Å². The van der Waals surface area contributed by atoms with Crippen LogP contribution in [0.4, 0.5) is 14.5 Å². The highest BCUT2D eigenvalue weighted by Crippen LogP contribution is 2.45. The fraction of sp³-hybridized carbons (Fsp3) is 0.350. The Morgan fingerprint density at radius 1 is 1.08 bits per heavy atom. The quantitative estimate of drug-likeness (QED) is 0.785. The minimum Gasteiger partial charge on any atom is -0.383 e. The number of carbonyl (C=O) groups is 1. The van der Waals surface area contributed by atoms with Gasteiger partial charge in [-0.2, -0.15) is 8.78 Å². The maximum Gasteiger partial charge on any atom is 0.352 e. The van der Waals surface area contributed by atoms with Gasteiger partial charge in [0.25, 0.3) is 5.91 Å². The van der Waals surface area contributed by atoms with Crippen LogP contribution in [0.25, 0.3) is 0 Å². The Morgan fingerprint density at radius 2 is 1.65 bits per heavy atom. The summed E-state index contributed by atoms with van der Waals surface area (Å²) in [6.07, 6.45) is 0.551. The third-order valence-corrected chi connectivity index (χ3v) is 5.31. The summed E-state index contributed by atoms with van der Waals surface area (Å²) in [5.41, 5.74) is -1.06. The van der Waals surface area contributed by atoms with Crippen LogP contribution >= 0.6 is 11.6 Å². The first-order valence-corrected chi connectivity index (χ1v) is 8.92. The van der Waals surface area contributed by atoms with E-state index in [1.807, 2.05) is 30.3 Å². The summed E-state index contributed by atoms with van der Waals surface area (Å²) in [4.78, 5) is 12.1. The molecule has 1 saturated carbocycles. The standard InChI is InChI=1S/C20H20ClF2NO2/c21-16-6-8-17(9-7-16)24-18(25)20(22,23)19(26)12-10-15(11-13-19)14-4-2-1-3-5-14/h1-9,15,26H,10-13H2,(H,24,25). The molecule has 2 N–H and O–H groups in total. The maximum atomic E-state index is 14.7. The van der Waals surface area contributed by atoms with Crippen LogP contribution in [0.3, 0.4) is 0 Å². The monoisotopic (exact) mass is 379 g/mol. The molecule has 0 aromatic heterocycles. The molecule has 0 unspecified atom stereocenters. The lowest BCUT2D eigenvalue weighted by molar-refractivity contribution is -0.197. The molecule has 1 aliphatic carbocycles. The number of rotatable bonds is 4. The minimum absolute atomic E-state index is 0.117. The highest BCUT2D eigenvalue weighted by atomic mass is 35.5. The number of nitrogens with one attached hydrogen (secondary N) is 1. The van der Waals surface area contributed by atoms with Gasteiger partial charge in [0, 0.05) is 10.7 Å². The van der Waals surface area contributed by atoms with Gasteiger partial charge in [0.15, 0.2) is 0 Å². The number of alkyl halides is 2. The van der Waals surface area contributed by atoms with Gasteiger partial charge in [0.2, 0.25) is 0 Å². The van der Waals surface area contributed by atoms with Crippen LogP contribution in [-0.4, -0.2) is 22.5 Å². The van der Waals surface area contributed by atoms with Crippen LogP contribution in [0.1, 0.15) is 37.2 Å². The summed E-state index contributed by atoms with van der Waals surface area (Å²) in [5, 5.41) is 13.1. The zero-order valence-corrected chi connectivity index (χ0v) is 14.8. The molecule has 1 fully saturated rings. The molecule has 138 valence electrons. The zero-order valence-electron chi connectivity index (χ0n) is 14.1. The van der Waals surface area contributed by atoms with Crippen molar-refractivity contribution in [1.29, 1.82) is 0 Å². The largest absolute Gasteiger partial charge is 0.383 e. The molecular formula is C20H20ClF2NO2. The average molecular weight is 380 g/mol. The smallest absolute Gasteiger partial charge is 0.352 e. The number of amides is 1. The van der Waals surface area contributed by atoms with Crippen LogP contribution < -0.4 is 5.32 Å². The van der Waals surface area contributed by atoms with Gasteiger partial charge in [-0.05, 0) is 61.4 Å². The Morgan fingerprint density at radius 3 is 2.23 bits per heavy atom. The molecule has 0 aliphatic heterocycles. The summed E-state index contributed by atoms with van der Waals surface area (Å²) in [6.45, 7) is 0. The zero-order chi connectivity index (χ0) is 18.8. The van der Waals surface area contributed by atoms with E-state index in [4.69, 9.17) is 11.6 Å². The molecule has 0 heterocycles. The third-order valence-electron chi connectivity index (χ3n) is 5.06. The van der Waals surface area contributed by atoms with E-state index in [9.17, 15) is 18.7 Å². The van der Waals surface area contributed by atoms with Crippen molar-refractivity contribution in [2.24, 2.45) is 0 Å². The minimum atomic E-state index is -3.88. The van der Waals surface area contributed by atoms with Crippen molar-refractivity contribution in [2.75, 3.05) is 5.32 Å². The van der Waals surface area contributed by atoms with Gasteiger partial charge in [-0.3, -0.25) is 4.79 Å². The second-order valence-corrected chi connectivity index (χ2v) is 7.19. The first-order valence-electron chi connectivity index (χ1n) is 8.54. The number of hydrogen-bond acceptors (Lipinski definition) is 2. The number of anilines is 1. The summed E-state index contributed by atoms with van der Waals surface area (Å²) >= 11 is 5.75. The van der Waals surface area contributed by atoms with Crippen molar-refractivity contribution in [3.63, 3.8) is 0 Å². The van der Waals surface area contributed by atoms with Crippen LogP contribution in [-0.2, 0) is 4.79 Å². The molecule has 0 radical (unpaired) electrons. The van der Waals surface area contributed by atoms with Crippen LogP contribution in [0.2, 0.25) is 5.02 Å². The second kappa shape index (κ2) is 7.33. The van der Waals surface area contributed by atoms with E-state index in [1.54, 1.807) is 0 Å². The normalized spacial score (nSPS) is 23.5. The van der Waals surface area contributed by atoms with E-state index >= 15 is 0 Å². The Hall–Kier alpha value is -1.98. The number of halogens is 3. The average Bonchev–Trinajstić information content (AvgIpc) is 2.65. The lowest BCUT2D eigenvalue weighted by atomic mass is 9.73. The highest BCUT2D eigenvalue weighted by Gasteiger charge is 2.59. The molecule has 1 aliphatic rings. The van der Waals surface area contributed by atoms with Gasteiger partial charge in [0.1, 0.15) is 5.60 Å². The van der Waals surface area contributed by atoms with Crippen molar-refractivity contribution in [1.82, 2.24) is 0 Å². The topological polar surface area (TPSA) is 49.3 Å². The molecule has 0 atom stereocenters. The lowest BCUT2D eigenvalue weighted by Crippen LogP contribution is -2.56. The van der Waals surface area contributed by atoms with Gasteiger partial charge in [-0.15, -0.1) is 0 Å². The third kappa shape index (κ3) is 3.74. The van der Waals surface area contributed by atoms with Crippen LogP contribution in [0.15, 0.2) is 54.6 Å².